The van der Waals surface area contributed by atoms with E-state index in [1.807, 2.05) is 0 Å². The van der Waals surface area contributed by atoms with Crippen LogP contribution >= 0.6 is 0 Å². The minimum Gasteiger partial charge on any atom is -0.465 e. The molecule has 0 atom stereocenters. The number of hydrogen-bond donors (Lipinski definition) is 2. The van der Waals surface area contributed by atoms with Crippen molar-refractivity contribution in [2.24, 2.45) is 0 Å². The fourth-order valence-corrected chi connectivity index (χ4v) is 2.55. The maximum atomic E-state index is 12.6. The van der Waals surface area contributed by atoms with Crippen LogP contribution in [0.15, 0.2) is 24.3 Å². The van der Waals surface area contributed by atoms with Crippen molar-refractivity contribution in [2.75, 3.05) is 19.0 Å². The van der Waals surface area contributed by atoms with Crippen molar-refractivity contribution in [1.29, 1.82) is 0 Å². The molecule has 1 aromatic carbocycles. The number of hydrogen-bond acceptors (Lipinski definition) is 5. The molecule has 0 aliphatic carbocycles. The van der Waals surface area contributed by atoms with Crippen LogP contribution in [0, 0.1) is 13.8 Å². The molecule has 0 saturated carbocycles. The average Bonchev–Trinajstić information content (AvgIpc) is 2.89. The zero-order chi connectivity index (χ0) is 18.6. The molecule has 0 aliphatic heterocycles. The molecule has 0 fully saturated rings. The fourth-order valence-electron chi connectivity index (χ4n) is 2.55. The van der Waals surface area contributed by atoms with Gasteiger partial charge in [0.2, 0.25) is 0 Å². The molecule has 2 aromatic rings. The first-order valence-electron chi connectivity index (χ1n) is 7.75. The van der Waals surface area contributed by atoms with Crippen LogP contribution in [0.25, 0.3) is 0 Å². The lowest BCUT2D eigenvalue weighted by molar-refractivity contribution is 0.0524. The largest absolute Gasteiger partial charge is 0.465 e. The smallest absolute Gasteiger partial charge is 0.340 e. The van der Waals surface area contributed by atoms with Gasteiger partial charge in [-0.2, -0.15) is 0 Å². The lowest BCUT2D eigenvalue weighted by Crippen LogP contribution is -2.17. The number of methoxy groups -OCH3 is 1. The zero-order valence-electron chi connectivity index (χ0n) is 14.6. The van der Waals surface area contributed by atoms with Gasteiger partial charge in [-0.25, -0.2) is 9.59 Å². The Bertz CT molecular complexity index is 823. The number of benzene rings is 1. The van der Waals surface area contributed by atoms with Gasteiger partial charge in [0, 0.05) is 5.69 Å². The minimum absolute atomic E-state index is 0.236. The highest BCUT2D eigenvalue weighted by molar-refractivity contribution is 6.09. The van der Waals surface area contributed by atoms with Gasteiger partial charge in [-0.3, -0.25) is 4.79 Å². The van der Waals surface area contributed by atoms with Crippen LogP contribution in [0.3, 0.4) is 0 Å². The number of nitrogens with one attached hydrogen (secondary N) is 2. The SMILES string of the molecule is CCOC(=O)c1c(C)[nH]c(C(=O)Nc2ccccc2C(=O)OC)c1C. The predicted octanol–water partition coefficient (Wildman–Crippen LogP) is 2.85. The summed E-state index contributed by atoms with van der Waals surface area (Å²) in [5.41, 5.74) is 2.17. The van der Waals surface area contributed by atoms with Crippen molar-refractivity contribution in [2.45, 2.75) is 20.8 Å². The molecule has 0 saturated heterocycles. The second-order valence-electron chi connectivity index (χ2n) is 5.34. The van der Waals surface area contributed by atoms with Crippen molar-refractivity contribution >= 4 is 23.5 Å². The van der Waals surface area contributed by atoms with E-state index in [4.69, 9.17) is 9.47 Å². The Labute approximate surface area is 145 Å². The summed E-state index contributed by atoms with van der Waals surface area (Å²) >= 11 is 0. The monoisotopic (exact) mass is 344 g/mol. The molecule has 1 aromatic heterocycles. The average molecular weight is 344 g/mol. The molecule has 2 N–H and O–H groups in total. The summed E-state index contributed by atoms with van der Waals surface area (Å²) in [6, 6.07) is 6.52. The van der Waals surface area contributed by atoms with Gasteiger partial charge in [0.15, 0.2) is 0 Å². The van der Waals surface area contributed by atoms with Crippen LogP contribution < -0.4 is 5.32 Å². The van der Waals surface area contributed by atoms with Gasteiger partial charge >= 0.3 is 11.9 Å². The number of carbonyl (C=O) groups excluding carboxylic acids is 3. The second kappa shape index (κ2) is 7.65. The van der Waals surface area contributed by atoms with Crippen molar-refractivity contribution in [3.63, 3.8) is 0 Å². The van der Waals surface area contributed by atoms with E-state index in [2.05, 4.69) is 10.3 Å². The zero-order valence-corrected chi connectivity index (χ0v) is 14.6. The summed E-state index contributed by atoms with van der Waals surface area (Å²) in [5.74, 6) is -1.50. The molecule has 7 nitrogen and oxygen atoms in total. The molecule has 132 valence electrons. The summed E-state index contributed by atoms with van der Waals surface area (Å²) in [7, 11) is 1.27. The molecule has 25 heavy (non-hydrogen) atoms. The highest BCUT2D eigenvalue weighted by Crippen LogP contribution is 2.22. The van der Waals surface area contributed by atoms with Crippen LogP contribution in [0.4, 0.5) is 5.69 Å². The van der Waals surface area contributed by atoms with E-state index >= 15 is 0 Å². The summed E-state index contributed by atoms with van der Waals surface area (Å²) < 4.78 is 9.72. The maximum absolute atomic E-state index is 12.6. The first-order valence-corrected chi connectivity index (χ1v) is 7.75. The van der Waals surface area contributed by atoms with E-state index in [1.54, 1.807) is 45.0 Å². The van der Waals surface area contributed by atoms with Crippen LogP contribution in [0.1, 0.15) is 49.4 Å². The van der Waals surface area contributed by atoms with Crippen LogP contribution in [-0.4, -0.2) is 36.5 Å². The predicted molar refractivity (Wildman–Crippen MR) is 92.0 cm³/mol. The van der Waals surface area contributed by atoms with E-state index in [0.29, 0.717) is 22.5 Å². The molecule has 0 unspecified atom stereocenters. The van der Waals surface area contributed by atoms with Crippen LogP contribution in [0.5, 0.6) is 0 Å². The molecule has 0 spiro atoms. The first-order chi connectivity index (χ1) is 11.9. The number of amides is 1. The minimum atomic E-state index is -0.553. The number of ether oxygens (including phenoxy) is 2. The van der Waals surface area contributed by atoms with E-state index in [0.717, 1.165) is 0 Å². The molecule has 0 radical (unpaired) electrons. The Hall–Kier alpha value is -3.09. The van der Waals surface area contributed by atoms with Crippen molar-refractivity contribution < 1.29 is 23.9 Å². The molecule has 2 rings (SSSR count). The lowest BCUT2D eigenvalue weighted by Gasteiger charge is -2.09. The van der Waals surface area contributed by atoms with Gasteiger partial charge in [0.05, 0.1) is 30.5 Å². The second-order valence-corrected chi connectivity index (χ2v) is 5.34. The summed E-state index contributed by atoms with van der Waals surface area (Å²) in [6.07, 6.45) is 0. The van der Waals surface area contributed by atoms with Gasteiger partial charge in [0.1, 0.15) is 5.69 Å². The van der Waals surface area contributed by atoms with Crippen molar-refractivity contribution in [1.82, 2.24) is 4.98 Å². The number of rotatable bonds is 5. The van der Waals surface area contributed by atoms with Gasteiger partial charge in [-0.05, 0) is 38.5 Å². The number of carbonyl (C=O) groups is 3. The number of para-hydroxylation sites is 1. The molecule has 1 amide bonds. The third-order valence-electron chi connectivity index (χ3n) is 3.72. The summed E-state index contributed by atoms with van der Waals surface area (Å²) in [6.45, 7) is 5.32. The Kier molecular flexibility index (Phi) is 5.59. The number of aryl methyl sites for hydroxylation is 1. The van der Waals surface area contributed by atoms with Gasteiger partial charge in [-0.1, -0.05) is 12.1 Å². The topological polar surface area (TPSA) is 97.5 Å². The highest BCUT2D eigenvalue weighted by Gasteiger charge is 2.23. The number of anilines is 1. The van der Waals surface area contributed by atoms with Crippen LogP contribution in [-0.2, 0) is 9.47 Å². The fraction of sp³-hybridized carbons (Fsp3) is 0.278. The van der Waals surface area contributed by atoms with Crippen molar-refractivity contribution in [3.05, 3.63) is 52.3 Å². The molecule has 0 aliphatic rings. The van der Waals surface area contributed by atoms with E-state index < -0.39 is 17.8 Å². The number of esters is 2. The highest BCUT2D eigenvalue weighted by atomic mass is 16.5. The molecular formula is C18H20N2O5. The Morgan fingerprint density at radius 3 is 2.44 bits per heavy atom. The molecule has 7 heteroatoms. The van der Waals surface area contributed by atoms with E-state index in [1.165, 1.54) is 7.11 Å². The molecule has 0 bridgehead atoms. The standard InChI is InChI=1S/C18H20N2O5/c1-5-25-18(23)14-10(2)15(19-11(14)3)16(21)20-13-9-7-6-8-12(13)17(22)24-4/h6-9,19H,5H2,1-4H3,(H,20,21). The molecular weight excluding hydrogens is 324 g/mol. The van der Waals surface area contributed by atoms with Crippen LogP contribution in [0.2, 0.25) is 0 Å². The van der Waals surface area contributed by atoms with Gasteiger partial charge in [0.25, 0.3) is 5.91 Å². The Balaban J connectivity index is 2.33. The van der Waals surface area contributed by atoms with E-state index in [-0.39, 0.29) is 17.9 Å². The quantitative estimate of drug-likeness (QED) is 0.813. The Morgan fingerprint density at radius 2 is 1.80 bits per heavy atom. The maximum Gasteiger partial charge on any atom is 0.340 e. The normalized spacial score (nSPS) is 10.2. The molecule has 1 heterocycles. The Morgan fingerprint density at radius 1 is 1.12 bits per heavy atom. The third-order valence-corrected chi connectivity index (χ3v) is 3.72. The number of aromatic amines is 1. The van der Waals surface area contributed by atoms with Gasteiger partial charge in [-0.15, -0.1) is 0 Å². The number of H-pyrrole nitrogens is 1. The van der Waals surface area contributed by atoms with Gasteiger partial charge < -0.3 is 19.8 Å². The van der Waals surface area contributed by atoms with E-state index in [9.17, 15) is 14.4 Å². The third kappa shape index (κ3) is 3.71. The number of aromatic nitrogens is 1. The first kappa shape index (κ1) is 18.3. The summed E-state index contributed by atoms with van der Waals surface area (Å²) in [5, 5.41) is 2.67. The van der Waals surface area contributed by atoms with Crippen molar-refractivity contribution in [3.8, 4) is 0 Å². The summed E-state index contributed by atoms with van der Waals surface area (Å²) in [4.78, 5) is 39.3. The lowest BCUT2D eigenvalue weighted by atomic mass is 10.1.